The largest absolute Gasteiger partial charge is 0.340 e. The lowest BCUT2D eigenvalue weighted by atomic mass is 10.0. The quantitative estimate of drug-likeness (QED) is 0.872. The molecule has 0 unspecified atom stereocenters. The lowest BCUT2D eigenvalue weighted by Crippen LogP contribution is -2.55. The van der Waals surface area contributed by atoms with Crippen molar-refractivity contribution in [3.05, 3.63) is 35.4 Å². The van der Waals surface area contributed by atoms with E-state index in [1.54, 1.807) is 22.8 Å². The molecular formula is C20H29N3O3. The molecule has 1 heterocycles. The van der Waals surface area contributed by atoms with Gasteiger partial charge in [-0.15, -0.1) is 0 Å². The maximum Gasteiger partial charge on any atom is 0.252 e. The van der Waals surface area contributed by atoms with Crippen molar-refractivity contribution in [2.75, 3.05) is 26.2 Å². The average molecular weight is 359 g/mol. The van der Waals surface area contributed by atoms with E-state index in [1.165, 1.54) is 0 Å². The van der Waals surface area contributed by atoms with Gasteiger partial charge in [-0.1, -0.05) is 32.0 Å². The van der Waals surface area contributed by atoms with Gasteiger partial charge in [-0.25, -0.2) is 0 Å². The Morgan fingerprint density at radius 3 is 2.15 bits per heavy atom. The standard InChI is InChI=1S/C20H29N3O3/c1-14(2)13-18(21-19(25)17-8-6-5-7-15(17)3)20(26)23-11-9-22(10-12-23)16(4)24/h5-8,14,18H,9-13H2,1-4H3,(H,21,25)/t18-/m1/s1. The van der Waals surface area contributed by atoms with Gasteiger partial charge >= 0.3 is 0 Å². The fraction of sp³-hybridized carbons (Fsp3) is 0.550. The van der Waals surface area contributed by atoms with Crippen molar-refractivity contribution < 1.29 is 14.4 Å². The zero-order chi connectivity index (χ0) is 19.3. The molecule has 1 N–H and O–H groups in total. The Morgan fingerprint density at radius 1 is 1.04 bits per heavy atom. The molecule has 0 radical (unpaired) electrons. The van der Waals surface area contributed by atoms with Crippen molar-refractivity contribution >= 4 is 17.7 Å². The Balaban J connectivity index is 2.07. The SMILES string of the molecule is CC(=O)N1CCN(C(=O)[C@@H](CC(C)C)NC(=O)c2ccccc2C)CC1. The topological polar surface area (TPSA) is 69.7 Å². The molecule has 1 aliphatic heterocycles. The highest BCUT2D eigenvalue weighted by molar-refractivity contribution is 5.98. The Labute approximate surface area is 155 Å². The number of rotatable bonds is 5. The number of piperazine rings is 1. The predicted octanol–water partition coefficient (Wildman–Crippen LogP) is 1.83. The molecule has 0 spiro atoms. The van der Waals surface area contributed by atoms with Crippen molar-refractivity contribution in [1.29, 1.82) is 0 Å². The summed E-state index contributed by atoms with van der Waals surface area (Å²) < 4.78 is 0. The van der Waals surface area contributed by atoms with Crippen LogP contribution in [0.2, 0.25) is 0 Å². The van der Waals surface area contributed by atoms with Crippen molar-refractivity contribution in [2.24, 2.45) is 5.92 Å². The molecule has 1 aromatic carbocycles. The van der Waals surface area contributed by atoms with E-state index >= 15 is 0 Å². The predicted molar refractivity (Wildman–Crippen MR) is 101 cm³/mol. The lowest BCUT2D eigenvalue weighted by molar-refractivity contribution is -0.140. The van der Waals surface area contributed by atoms with Crippen LogP contribution < -0.4 is 5.32 Å². The first-order valence-electron chi connectivity index (χ1n) is 9.20. The van der Waals surface area contributed by atoms with Gasteiger partial charge in [0.15, 0.2) is 0 Å². The van der Waals surface area contributed by atoms with E-state index in [1.807, 2.05) is 39.0 Å². The van der Waals surface area contributed by atoms with Crippen molar-refractivity contribution in [3.8, 4) is 0 Å². The zero-order valence-electron chi connectivity index (χ0n) is 16.1. The minimum absolute atomic E-state index is 0.0312. The number of hydrogen-bond donors (Lipinski definition) is 1. The van der Waals surface area contributed by atoms with Gasteiger partial charge in [0.2, 0.25) is 11.8 Å². The van der Waals surface area contributed by atoms with Gasteiger partial charge in [-0.2, -0.15) is 0 Å². The highest BCUT2D eigenvalue weighted by Gasteiger charge is 2.30. The summed E-state index contributed by atoms with van der Waals surface area (Å²) in [4.78, 5) is 40.6. The van der Waals surface area contributed by atoms with E-state index in [9.17, 15) is 14.4 Å². The molecule has 1 aromatic rings. The van der Waals surface area contributed by atoms with Crippen molar-refractivity contribution in [1.82, 2.24) is 15.1 Å². The Morgan fingerprint density at radius 2 is 1.62 bits per heavy atom. The number of aryl methyl sites for hydroxylation is 1. The second-order valence-corrected chi connectivity index (χ2v) is 7.30. The summed E-state index contributed by atoms with van der Waals surface area (Å²) >= 11 is 0. The van der Waals surface area contributed by atoms with Crippen molar-refractivity contribution in [2.45, 2.75) is 40.2 Å². The number of carbonyl (C=O) groups is 3. The Kier molecular flexibility index (Phi) is 6.77. The van der Waals surface area contributed by atoms with Crippen LogP contribution in [0.3, 0.4) is 0 Å². The molecule has 0 bridgehead atoms. The first-order valence-corrected chi connectivity index (χ1v) is 9.20. The molecule has 0 aromatic heterocycles. The number of nitrogens with one attached hydrogen (secondary N) is 1. The van der Waals surface area contributed by atoms with E-state index in [0.717, 1.165) is 5.56 Å². The summed E-state index contributed by atoms with van der Waals surface area (Å²) in [5, 5.41) is 2.93. The second-order valence-electron chi connectivity index (χ2n) is 7.30. The fourth-order valence-corrected chi connectivity index (χ4v) is 3.22. The molecule has 0 aliphatic carbocycles. The minimum atomic E-state index is -0.550. The fourth-order valence-electron chi connectivity index (χ4n) is 3.22. The van der Waals surface area contributed by atoms with Crippen LogP contribution in [-0.4, -0.2) is 59.7 Å². The lowest BCUT2D eigenvalue weighted by Gasteiger charge is -2.36. The molecular weight excluding hydrogens is 330 g/mol. The molecule has 1 saturated heterocycles. The highest BCUT2D eigenvalue weighted by atomic mass is 16.2. The average Bonchev–Trinajstić information content (AvgIpc) is 2.60. The summed E-state index contributed by atoms with van der Waals surface area (Å²) in [6.45, 7) is 9.60. The number of benzene rings is 1. The van der Waals surface area contributed by atoms with Gasteiger partial charge in [-0.3, -0.25) is 14.4 Å². The highest BCUT2D eigenvalue weighted by Crippen LogP contribution is 2.13. The Hall–Kier alpha value is -2.37. The van der Waals surface area contributed by atoms with Crippen molar-refractivity contribution in [3.63, 3.8) is 0 Å². The van der Waals surface area contributed by atoms with Crippen LogP contribution in [0, 0.1) is 12.8 Å². The second kappa shape index (κ2) is 8.83. The molecule has 2 rings (SSSR count). The number of carbonyl (C=O) groups excluding carboxylic acids is 3. The van der Waals surface area contributed by atoms with Crippen LogP contribution in [0.15, 0.2) is 24.3 Å². The third-order valence-corrected chi connectivity index (χ3v) is 4.74. The monoisotopic (exact) mass is 359 g/mol. The van der Waals surface area contributed by atoms with Crippen LogP contribution in [0.25, 0.3) is 0 Å². The summed E-state index contributed by atoms with van der Waals surface area (Å²) in [6.07, 6.45) is 0.587. The zero-order valence-corrected chi connectivity index (χ0v) is 16.1. The maximum absolute atomic E-state index is 13.0. The summed E-state index contributed by atoms with van der Waals surface area (Å²) in [7, 11) is 0. The summed E-state index contributed by atoms with van der Waals surface area (Å²) in [6, 6.07) is 6.81. The van der Waals surface area contributed by atoms with Gasteiger partial charge in [0.05, 0.1) is 0 Å². The van der Waals surface area contributed by atoms with E-state index in [2.05, 4.69) is 5.32 Å². The van der Waals surface area contributed by atoms with E-state index in [0.29, 0.717) is 38.2 Å². The van der Waals surface area contributed by atoms with E-state index in [-0.39, 0.29) is 23.6 Å². The maximum atomic E-state index is 13.0. The third-order valence-electron chi connectivity index (χ3n) is 4.74. The minimum Gasteiger partial charge on any atom is -0.340 e. The first kappa shape index (κ1) is 19.9. The molecule has 1 atom stereocenters. The first-order chi connectivity index (χ1) is 12.3. The van der Waals surface area contributed by atoms with Gasteiger partial charge in [0.1, 0.15) is 6.04 Å². The summed E-state index contributed by atoms with van der Waals surface area (Å²) in [5.41, 5.74) is 1.48. The number of amides is 3. The number of hydrogen-bond acceptors (Lipinski definition) is 3. The normalized spacial score (nSPS) is 15.7. The van der Waals surface area contributed by atoms with Gasteiger partial charge in [0, 0.05) is 38.7 Å². The Bertz CT molecular complexity index is 664. The number of nitrogens with zero attached hydrogens (tertiary/aromatic N) is 2. The van der Waals surface area contributed by atoms with Crippen LogP contribution >= 0.6 is 0 Å². The molecule has 26 heavy (non-hydrogen) atoms. The molecule has 0 saturated carbocycles. The van der Waals surface area contributed by atoms with Gasteiger partial charge < -0.3 is 15.1 Å². The summed E-state index contributed by atoms with van der Waals surface area (Å²) in [5.74, 6) is 0.0247. The molecule has 6 nitrogen and oxygen atoms in total. The van der Waals surface area contributed by atoms with E-state index in [4.69, 9.17) is 0 Å². The van der Waals surface area contributed by atoms with Crippen LogP contribution in [-0.2, 0) is 9.59 Å². The molecule has 1 fully saturated rings. The van der Waals surface area contributed by atoms with Crippen LogP contribution in [0.5, 0.6) is 0 Å². The molecule has 6 heteroatoms. The van der Waals surface area contributed by atoms with Gasteiger partial charge in [0.25, 0.3) is 5.91 Å². The van der Waals surface area contributed by atoms with Gasteiger partial charge in [-0.05, 0) is 30.9 Å². The van der Waals surface area contributed by atoms with Crippen LogP contribution in [0.1, 0.15) is 43.1 Å². The molecule has 3 amide bonds. The van der Waals surface area contributed by atoms with Crippen LogP contribution in [0.4, 0.5) is 0 Å². The smallest absolute Gasteiger partial charge is 0.252 e. The third kappa shape index (κ3) is 5.07. The molecule has 142 valence electrons. The molecule has 1 aliphatic rings. The van der Waals surface area contributed by atoms with E-state index < -0.39 is 6.04 Å².